The number of piperazine rings is 1. The molecule has 1 aliphatic heterocycles. The van der Waals surface area contributed by atoms with Gasteiger partial charge in [0.05, 0.1) is 18.7 Å². The van der Waals surface area contributed by atoms with Crippen LogP contribution in [0.3, 0.4) is 0 Å². The summed E-state index contributed by atoms with van der Waals surface area (Å²) in [6.07, 6.45) is 1.08. The minimum atomic E-state index is -3.34. The minimum absolute atomic E-state index is 0.0896. The zero-order valence-electron chi connectivity index (χ0n) is 12.1. The Bertz CT molecular complexity index is 603. The Kier molecular flexibility index (Phi) is 4.53. The summed E-state index contributed by atoms with van der Waals surface area (Å²) in [5.41, 5.74) is 0.920. The molecule has 0 unspecified atom stereocenters. The molecule has 1 aliphatic rings. The van der Waals surface area contributed by atoms with Gasteiger partial charge in [0, 0.05) is 24.8 Å². The van der Waals surface area contributed by atoms with Crippen molar-refractivity contribution < 1.29 is 18.3 Å². The highest BCUT2D eigenvalue weighted by Gasteiger charge is 2.37. The van der Waals surface area contributed by atoms with E-state index in [0.717, 1.165) is 5.69 Å². The van der Waals surface area contributed by atoms with Crippen molar-refractivity contribution in [3.05, 3.63) is 30.3 Å². The summed E-state index contributed by atoms with van der Waals surface area (Å²) in [5, 5.41) is 9.09. The Morgan fingerprint density at radius 2 is 1.90 bits per heavy atom. The maximum atomic E-state index is 11.8. The van der Waals surface area contributed by atoms with Gasteiger partial charge < -0.3 is 10.0 Å². The lowest BCUT2D eigenvalue weighted by atomic mass is 10.1. The van der Waals surface area contributed by atoms with Crippen LogP contribution >= 0.6 is 0 Å². The molecule has 2 rings (SSSR count). The van der Waals surface area contributed by atoms with E-state index in [-0.39, 0.29) is 25.0 Å². The number of nitrogens with zero attached hydrogens (tertiary/aromatic N) is 2. The second kappa shape index (κ2) is 6.03. The van der Waals surface area contributed by atoms with Gasteiger partial charge in [0.25, 0.3) is 0 Å². The molecule has 1 aromatic rings. The molecule has 2 atom stereocenters. The topological polar surface area (TPSA) is 77.9 Å². The number of carbonyl (C=O) groups is 1. The highest BCUT2D eigenvalue weighted by Crippen LogP contribution is 2.26. The summed E-state index contributed by atoms with van der Waals surface area (Å²) in [6, 6.07) is 8.95. The Balaban J connectivity index is 2.30. The Hall–Kier alpha value is -1.60. The SMILES string of the molecule is C[C@@H]1CN(c2ccccc2)[C@@H](CC(=O)O)CN1S(C)(=O)=O. The molecule has 0 radical (unpaired) electrons. The lowest BCUT2D eigenvalue weighted by Gasteiger charge is -2.45. The number of hydrogen-bond donors (Lipinski definition) is 1. The van der Waals surface area contributed by atoms with E-state index in [0.29, 0.717) is 6.54 Å². The molecule has 7 heteroatoms. The molecular formula is C14H20N2O4S. The van der Waals surface area contributed by atoms with Gasteiger partial charge in [0.15, 0.2) is 0 Å². The quantitative estimate of drug-likeness (QED) is 0.897. The largest absolute Gasteiger partial charge is 0.481 e. The number of carboxylic acids is 1. The number of hydrogen-bond acceptors (Lipinski definition) is 4. The first-order valence-electron chi connectivity index (χ1n) is 6.79. The Morgan fingerprint density at radius 1 is 1.29 bits per heavy atom. The van der Waals surface area contributed by atoms with Crippen LogP contribution in [0.25, 0.3) is 0 Å². The molecule has 0 aliphatic carbocycles. The predicted octanol–water partition coefficient (Wildman–Crippen LogP) is 1.00. The molecule has 1 fully saturated rings. The van der Waals surface area contributed by atoms with Crippen LogP contribution in [0, 0.1) is 0 Å². The maximum absolute atomic E-state index is 11.8. The number of carboxylic acid groups (broad SMARTS) is 1. The van der Waals surface area contributed by atoms with Crippen molar-refractivity contribution in [2.45, 2.75) is 25.4 Å². The molecule has 0 spiro atoms. The van der Waals surface area contributed by atoms with Crippen LogP contribution < -0.4 is 4.90 Å². The molecule has 116 valence electrons. The van der Waals surface area contributed by atoms with Crippen LogP contribution in [0.5, 0.6) is 0 Å². The Morgan fingerprint density at radius 3 is 2.43 bits per heavy atom. The van der Waals surface area contributed by atoms with Crippen molar-refractivity contribution in [3.63, 3.8) is 0 Å². The number of benzene rings is 1. The van der Waals surface area contributed by atoms with Crippen molar-refractivity contribution in [1.29, 1.82) is 0 Å². The molecule has 1 aromatic carbocycles. The van der Waals surface area contributed by atoms with E-state index in [9.17, 15) is 13.2 Å². The monoisotopic (exact) mass is 312 g/mol. The summed E-state index contributed by atoms with van der Waals surface area (Å²) < 4.78 is 25.1. The number of aliphatic carboxylic acids is 1. The van der Waals surface area contributed by atoms with Crippen molar-refractivity contribution in [1.82, 2.24) is 4.31 Å². The zero-order valence-corrected chi connectivity index (χ0v) is 13.0. The van der Waals surface area contributed by atoms with Crippen LogP contribution in [0.15, 0.2) is 30.3 Å². The molecule has 0 amide bonds. The van der Waals surface area contributed by atoms with Gasteiger partial charge in [-0.05, 0) is 19.1 Å². The third-order valence-corrected chi connectivity index (χ3v) is 5.07. The highest BCUT2D eigenvalue weighted by atomic mass is 32.2. The van der Waals surface area contributed by atoms with Crippen LogP contribution in [0.1, 0.15) is 13.3 Å². The molecule has 21 heavy (non-hydrogen) atoms. The van der Waals surface area contributed by atoms with Crippen LogP contribution in [0.4, 0.5) is 5.69 Å². The van der Waals surface area contributed by atoms with E-state index in [4.69, 9.17) is 5.11 Å². The van der Waals surface area contributed by atoms with E-state index in [2.05, 4.69) is 0 Å². The molecule has 6 nitrogen and oxygen atoms in total. The molecule has 1 saturated heterocycles. The summed E-state index contributed by atoms with van der Waals surface area (Å²) in [5.74, 6) is -0.927. The van der Waals surface area contributed by atoms with Gasteiger partial charge in [-0.25, -0.2) is 8.42 Å². The van der Waals surface area contributed by atoms with Gasteiger partial charge in [-0.3, -0.25) is 4.79 Å². The maximum Gasteiger partial charge on any atom is 0.305 e. The van der Waals surface area contributed by atoms with Crippen molar-refractivity contribution in [2.24, 2.45) is 0 Å². The lowest BCUT2D eigenvalue weighted by molar-refractivity contribution is -0.137. The normalized spacial score (nSPS) is 24.0. The molecule has 1 heterocycles. The first-order valence-corrected chi connectivity index (χ1v) is 8.64. The summed E-state index contributed by atoms with van der Waals surface area (Å²) in [7, 11) is -3.34. The fraction of sp³-hybridized carbons (Fsp3) is 0.500. The fourth-order valence-electron chi connectivity index (χ4n) is 2.79. The highest BCUT2D eigenvalue weighted by molar-refractivity contribution is 7.88. The van der Waals surface area contributed by atoms with Crippen LogP contribution in [0.2, 0.25) is 0 Å². The summed E-state index contributed by atoms with van der Waals surface area (Å²) in [4.78, 5) is 13.1. The second-order valence-corrected chi connectivity index (χ2v) is 7.36. The van der Waals surface area contributed by atoms with Crippen molar-refractivity contribution in [3.8, 4) is 0 Å². The molecule has 0 bridgehead atoms. The number of sulfonamides is 1. The molecule has 0 aromatic heterocycles. The standard InChI is InChI=1S/C14H20N2O4S/c1-11-9-15(12-6-4-3-5-7-12)13(8-14(17)18)10-16(11)21(2,19)20/h3-7,11,13H,8-10H2,1-2H3,(H,17,18)/t11-,13+/m1/s1. The lowest BCUT2D eigenvalue weighted by Crippen LogP contribution is -2.59. The van der Waals surface area contributed by atoms with Crippen LogP contribution in [-0.2, 0) is 14.8 Å². The summed E-state index contributed by atoms with van der Waals surface area (Å²) >= 11 is 0. The van der Waals surface area contributed by atoms with E-state index in [1.807, 2.05) is 42.2 Å². The minimum Gasteiger partial charge on any atom is -0.481 e. The van der Waals surface area contributed by atoms with E-state index in [1.165, 1.54) is 10.6 Å². The van der Waals surface area contributed by atoms with Crippen molar-refractivity contribution in [2.75, 3.05) is 24.2 Å². The first-order chi connectivity index (χ1) is 9.79. The van der Waals surface area contributed by atoms with Gasteiger partial charge in [0.1, 0.15) is 0 Å². The first kappa shape index (κ1) is 15.8. The third kappa shape index (κ3) is 3.74. The van der Waals surface area contributed by atoms with Crippen LogP contribution in [-0.4, -0.2) is 55.2 Å². The summed E-state index contributed by atoms with van der Waals surface area (Å²) in [6.45, 7) is 2.52. The van der Waals surface area contributed by atoms with E-state index >= 15 is 0 Å². The van der Waals surface area contributed by atoms with E-state index < -0.39 is 16.0 Å². The van der Waals surface area contributed by atoms with E-state index in [1.54, 1.807) is 0 Å². The number of anilines is 1. The average Bonchev–Trinajstić information content (AvgIpc) is 2.39. The predicted molar refractivity (Wildman–Crippen MR) is 80.8 cm³/mol. The fourth-order valence-corrected chi connectivity index (χ4v) is 3.95. The van der Waals surface area contributed by atoms with Gasteiger partial charge >= 0.3 is 5.97 Å². The van der Waals surface area contributed by atoms with Gasteiger partial charge in [-0.1, -0.05) is 18.2 Å². The molecular weight excluding hydrogens is 292 g/mol. The van der Waals surface area contributed by atoms with Crippen molar-refractivity contribution >= 4 is 21.7 Å². The molecule has 1 N–H and O–H groups in total. The van der Waals surface area contributed by atoms with Gasteiger partial charge in [-0.2, -0.15) is 4.31 Å². The van der Waals surface area contributed by atoms with Gasteiger partial charge in [-0.15, -0.1) is 0 Å². The number of para-hydroxylation sites is 1. The van der Waals surface area contributed by atoms with Gasteiger partial charge in [0.2, 0.25) is 10.0 Å². The third-order valence-electron chi connectivity index (χ3n) is 3.71. The zero-order chi connectivity index (χ0) is 15.6. The second-order valence-electron chi connectivity index (χ2n) is 5.42. The smallest absolute Gasteiger partial charge is 0.305 e. The Labute approximate surface area is 125 Å². The average molecular weight is 312 g/mol. The molecule has 0 saturated carbocycles. The number of rotatable bonds is 4.